The average molecular weight is 372 g/mol. The lowest BCUT2D eigenvalue weighted by Gasteiger charge is -2.15. The van der Waals surface area contributed by atoms with Crippen molar-refractivity contribution in [3.8, 4) is 0 Å². The highest BCUT2D eigenvalue weighted by atomic mass is 32.2. The first-order valence-electron chi connectivity index (χ1n) is 8.22. The van der Waals surface area contributed by atoms with E-state index in [1.165, 1.54) is 6.92 Å². The Morgan fingerprint density at radius 2 is 1.92 bits per heavy atom. The Morgan fingerprint density at radius 1 is 1.15 bits per heavy atom. The smallest absolute Gasteiger partial charge is 0.255 e. The van der Waals surface area contributed by atoms with E-state index in [0.29, 0.717) is 23.4 Å². The minimum Gasteiger partial charge on any atom is -0.322 e. The molecule has 0 aliphatic carbocycles. The molecule has 26 heavy (non-hydrogen) atoms. The van der Waals surface area contributed by atoms with Gasteiger partial charge in [-0.25, -0.2) is 8.42 Å². The summed E-state index contributed by atoms with van der Waals surface area (Å²) >= 11 is 0. The van der Waals surface area contributed by atoms with E-state index in [9.17, 15) is 18.0 Å². The van der Waals surface area contributed by atoms with Crippen LogP contribution in [0.1, 0.15) is 28.4 Å². The largest absolute Gasteiger partial charge is 0.322 e. The van der Waals surface area contributed by atoms with Crippen molar-refractivity contribution in [2.24, 2.45) is 0 Å². The Balaban J connectivity index is 1.77. The summed E-state index contributed by atoms with van der Waals surface area (Å²) < 4.78 is 22.9. The predicted octanol–water partition coefficient (Wildman–Crippen LogP) is 2.39. The van der Waals surface area contributed by atoms with E-state index in [4.69, 9.17) is 0 Å². The van der Waals surface area contributed by atoms with Crippen molar-refractivity contribution in [1.82, 2.24) is 0 Å². The molecule has 2 aromatic rings. The lowest BCUT2D eigenvalue weighted by atomic mass is 10.1. The van der Waals surface area contributed by atoms with Gasteiger partial charge in [-0.1, -0.05) is 12.1 Å². The molecule has 0 fully saturated rings. The van der Waals surface area contributed by atoms with Crippen LogP contribution in [0.25, 0.3) is 0 Å². The van der Waals surface area contributed by atoms with E-state index in [1.54, 1.807) is 35.2 Å². The zero-order valence-corrected chi connectivity index (χ0v) is 15.5. The third kappa shape index (κ3) is 4.11. The molecule has 0 unspecified atom stereocenters. The standard InChI is InChI=1S/C19H20N2O4S/c1-13(22)21-9-8-15-11-17(6-7-18(15)21)20-19(23)16-5-3-4-14(10-16)12-26(2,24)25/h3-7,10-11H,8-9,12H2,1-2H3,(H,20,23). The SMILES string of the molecule is CC(=O)N1CCc2cc(NC(=O)c3cccc(CS(C)(=O)=O)c3)ccc21. The van der Waals surface area contributed by atoms with Crippen LogP contribution in [0.5, 0.6) is 0 Å². The van der Waals surface area contributed by atoms with Crippen LogP contribution in [0.3, 0.4) is 0 Å². The van der Waals surface area contributed by atoms with Gasteiger partial charge in [0.15, 0.2) is 9.84 Å². The fourth-order valence-electron chi connectivity index (χ4n) is 3.11. The van der Waals surface area contributed by atoms with Crippen molar-refractivity contribution in [3.63, 3.8) is 0 Å². The highest BCUT2D eigenvalue weighted by Gasteiger charge is 2.22. The maximum atomic E-state index is 12.5. The summed E-state index contributed by atoms with van der Waals surface area (Å²) in [6.45, 7) is 2.18. The monoisotopic (exact) mass is 372 g/mol. The Kier molecular flexibility index (Phi) is 4.82. The minimum atomic E-state index is -3.16. The topological polar surface area (TPSA) is 83.6 Å². The van der Waals surface area contributed by atoms with Gasteiger partial charge in [0, 0.05) is 36.7 Å². The average Bonchev–Trinajstić information content (AvgIpc) is 2.97. The molecule has 0 spiro atoms. The minimum absolute atomic E-state index is 0.00299. The fourth-order valence-corrected chi connectivity index (χ4v) is 3.90. The lowest BCUT2D eigenvalue weighted by Crippen LogP contribution is -2.25. The number of benzene rings is 2. The van der Waals surface area contributed by atoms with Gasteiger partial charge in [0.2, 0.25) is 5.91 Å². The zero-order valence-electron chi connectivity index (χ0n) is 14.7. The Hall–Kier alpha value is -2.67. The number of amides is 2. The van der Waals surface area contributed by atoms with Crippen LogP contribution in [-0.2, 0) is 26.8 Å². The zero-order chi connectivity index (χ0) is 18.9. The molecule has 0 atom stereocenters. The second kappa shape index (κ2) is 6.92. The second-order valence-electron chi connectivity index (χ2n) is 6.49. The van der Waals surface area contributed by atoms with Crippen LogP contribution in [0.15, 0.2) is 42.5 Å². The molecule has 0 bridgehead atoms. The van der Waals surface area contributed by atoms with E-state index in [1.807, 2.05) is 12.1 Å². The van der Waals surface area contributed by atoms with Gasteiger partial charge in [0.05, 0.1) is 5.75 Å². The highest BCUT2D eigenvalue weighted by molar-refractivity contribution is 7.89. The van der Waals surface area contributed by atoms with Gasteiger partial charge in [-0.05, 0) is 47.9 Å². The molecule has 0 radical (unpaired) electrons. The van der Waals surface area contributed by atoms with E-state index in [2.05, 4.69) is 5.32 Å². The van der Waals surface area contributed by atoms with Crippen LogP contribution in [0.2, 0.25) is 0 Å². The van der Waals surface area contributed by atoms with E-state index in [-0.39, 0.29) is 17.6 Å². The summed E-state index contributed by atoms with van der Waals surface area (Å²) in [4.78, 5) is 25.8. The van der Waals surface area contributed by atoms with Crippen molar-refractivity contribution < 1.29 is 18.0 Å². The summed E-state index contributed by atoms with van der Waals surface area (Å²) in [7, 11) is -3.16. The van der Waals surface area contributed by atoms with Gasteiger partial charge in [-0.15, -0.1) is 0 Å². The normalized spacial score (nSPS) is 13.4. The van der Waals surface area contributed by atoms with Crippen molar-refractivity contribution in [1.29, 1.82) is 0 Å². The Labute approximate surface area is 152 Å². The van der Waals surface area contributed by atoms with Crippen LogP contribution in [0.4, 0.5) is 11.4 Å². The number of anilines is 2. The van der Waals surface area contributed by atoms with Crippen LogP contribution < -0.4 is 10.2 Å². The number of fused-ring (bicyclic) bond motifs is 1. The van der Waals surface area contributed by atoms with Crippen LogP contribution in [0, 0.1) is 0 Å². The Bertz CT molecular complexity index is 983. The van der Waals surface area contributed by atoms with Gasteiger partial charge in [-0.2, -0.15) is 0 Å². The van der Waals surface area contributed by atoms with Crippen molar-refractivity contribution >= 4 is 33.0 Å². The maximum Gasteiger partial charge on any atom is 0.255 e. The maximum absolute atomic E-state index is 12.5. The number of sulfone groups is 1. The summed E-state index contributed by atoms with van der Waals surface area (Å²) in [6, 6.07) is 12.0. The first-order chi connectivity index (χ1) is 12.2. The van der Waals surface area contributed by atoms with Crippen molar-refractivity contribution in [2.75, 3.05) is 23.0 Å². The molecule has 0 aromatic heterocycles. The van der Waals surface area contributed by atoms with Crippen LogP contribution in [-0.4, -0.2) is 33.0 Å². The molecule has 1 heterocycles. The molecule has 136 valence electrons. The molecule has 0 saturated carbocycles. The molecule has 2 aromatic carbocycles. The van der Waals surface area contributed by atoms with E-state index >= 15 is 0 Å². The number of nitrogens with zero attached hydrogens (tertiary/aromatic N) is 1. The molecule has 3 rings (SSSR count). The molecule has 2 amide bonds. The van der Waals surface area contributed by atoms with Gasteiger partial charge in [0.1, 0.15) is 0 Å². The Morgan fingerprint density at radius 3 is 2.62 bits per heavy atom. The van der Waals surface area contributed by atoms with Gasteiger partial charge < -0.3 is 10.2 Å². The number of hydrogen-bond acceptors (Lipinski definition) is 4. The predicted molar refractivity (Wildman–Crippen MR) is 101 cm³/mol. The summed E-state index contributed by atoms with van der Waals surface area (Å²) in [5.41, 5.74) is 3.52. The second-order valence-corrected chi connectivity index (χ2v) is 8.63. The quantitative estimate of drug-likeness (QED) is 0.893. The summed E-state index contributed by atoms with van der Waals surface area (Å²) in [5, 5.41) is 2.83. The molecule has 6 nitrogen and oxygen atoms in total. The van der Waals surface area contributed by atoms with E-state index in [0.717, 1.165) is 23.9 Å². The summed E-state index contributed by atoms with van der Waals surface area (Å²) in [5.74, 6) is -0.404. The number of rotatable bonds is 4. The number of carbonyl (C=O) groups excluding carboxylic acids is 2. The van der Waals surface area contributed by atoms with Gasteiger partial charge >= 0.3 is 0 Å². The summed E-state index contributed by atoms with van der Waals surface area (Å²) in [6.07, 6.45) is 1.91. The first-order valence-corrected chi connectivity index (χ1v) is 10.3. The molecule has 1 aliphatic rings. The third-order valence-corrected chi connectivity index (χ3v) is 5.09. The van der Waals surface area contributed by atoms with Gasteiger partial charge in [0.25, 0.3) is 5.91 Å². The number of hydrogen-bond donors (Lipinski definition) is 1. The van der Waals surface area contributed by atoms with Crippen molar-refractivity contribution in [3.05, 3.63) is 59.2 Å². The molecule has 1 aliphatic heterocycles. The van der Waals surface area contributed by atoms with Gasteiger partial charge in [-0.3, -0.25) is 9.59 Å². The van der Waals surface area contributed by atoms with E-state index < -0.39 is 9.84 Å². The third-order valence-electron chi connectivity index (χ3n) is 4.23. The number of carbonyl (C=O) groups is 2. The lowest BCUT2D eigenvalue weighted by molar-refractivity contribution is -0.116. The molecule has 1 N–H and O–H groups in total. The molecular weight excluding hydrogens is 352 g/mol. The van der Waals surface area contributed by atoms with Crippen LogP contribution >= 0.6 is 0 Å². The first kappa shape index (κ1) is 18.1. The van der Waals surface area contributed by atoms with Crippen molar-refractivity contribution in [2.45, 2.75) is 19.1 Å². The molecule has 7 heteroatoms. The molecular formula is C19H20N2O4S. The number of nitrogens with one attached hydrogen (secondary N) is 1. The highest BCUT2D eigenvalue weighted by Crippen LogP contribution is 2.30. The molecule has 0 saturated heterocycles. The fraction of sp³-hybridized carbons (Fsp3) is 0.263.